The van der Waals surface area contributed by atoms with Crippen molar-refractivity contribution >= 4 is 0 Å². The van der Waals surface area contributed by atoms with Crippen molar-refractivity contribution in [2.75, 3.05) is 7.05 Å². The minimum Gasteiger partial charge on any atom is -0.316 e. The second-order valence-corrected chi connectivity index (χ2v) is 4.65. The van der Waals surface area contributed by atoms with Crippen LogP contribution in [-0.4, -0.2) is 18.1 Å². The first-order valence-corrected chi connectivity index (χ1v) is 5.87. The van der Waals surface area contributed by atoms with Crippen molar-refractivity contribution in [3.63, 3.8) is 0 Å². The third-order valence-electron chi connectivity index (χ3n) is 3.58. The van der Waals surface area contributed by atoms with Crippen molar-refractivity contribution in [3.8, 4) is 0 Å². The van der Waals surface area contributed by atoms with Crippen LogP contribution in [0.3, 0.4) is 0 Å². The molecule has 2 rings (SSSR count). The second-order valence-electron chi connectivity index (χ2n) is 4.65. The fourth-order valence-electron chi connectivity index (χ4n) is 2.27. The predicted octanol–water partition coefficient (Wildman–Crippen LogP) is 2.26. The van der Waals surface area contributed by atoms with E-state index in [0.29, 0.717) is 6.04 Å². The van der Waals surface area contributed by atoms with Crippen LogP contribution in [0.2, 0.25) is 0 Å². The number of hydrogen-bond donors (Lipinski definition) is 1. The van der Waals surface area contributed by atoms with Crippen molar-refractivity contribution in [3.05, 3.63) is 30.1 Å². The van der Waals surface area contributed by atoms with Gasteiger partial charge in [-0.1, -0.05) is 6.92 Å². The highest BCUT2D eigenvalue weighted by molar-refractivity contribution is 5.12. The number of aromatic nitrogens is 1. The molecule has 1 fully saturated rings. The Morgan fingerprint density at radius 1 is 1.40 bits per heavy atom. The highest BCUT2D eigenvalue weighted by Crippen LogP contribution is 2.38. The van der Waals surface area contributed by atoms with Crippen molar-refractivity contribution in [2.24, 2.45) is 11.8 Å². The Bertz CT molecular complexity index is 293. The van der Waals surface area contributed by atoms with E-state index < -0.39 is 0 Å². The largest absolute Gasteiger partial charge is 0.316 e. The summed E-state index contributed by atoms with van der Waals surface area (Å²) in [7, 11) is 2.07. The van der Waals surface area contributed by atoms with Crippen LogP contribution < -0.4 is 5.32 Å². The number of nitrogens with zero attached hydrogens (tertiary/aromatic N) is 1. The van der Waals surface area contributed by atoms with Crippen molar-refractivity contribution in [2.45, 2.75) is 32.2 Å². The lowest BCUT2D eigenvalue weighted by Gasteiger charge is -2.23. The molecular formula is C13H20N2. The van der Waals surface area contributed by atoms with Gasteiger partial charge in [-0.05, 0) is 55.8 Å². The van der Waals surface area contributed by atoms with E-state index in [1.807, 2.05) is 12.4 Å². The smallest absolute Gasteiger partial charge is 0.0270 e. The third kappa shape index (κ3) is 2.78. The van der Waals surface area contributed by atoms with Gasteiger partial charge in [-0.15, -0.1) is 0 Å². The van der Waals surface area contributed by atoms with Gasteiger partial charge in [0.1, 0.15) is 0 Å². The lowest BCUT2D eigenvalue weighted by atomic mass is 9.92. The number of pyridine rings is 1. The summed E-state index contributed by atoms with van der Waals surface area (Å²) in [4.78, 5) is 4.05. The first kappa shape index (κ1) is 10.6. The van der Waals surface area contributed by atoms with Crippen LogP contribution in [0.1, 0.15) is 25.3 Å². The van der Waals surface area contributed by atoms with E-state index in [1.165, 1.54) is 18.4 Å². The fourth-order valence-corrected chi connectivity index (χ4v) is 2.27. The maximum Gasteiger partial charge on any atom is 0.0270 e. The summed E-state index contributed by atoms with van der Waals surface area (Å²) >= 11 is 0. The van der Waals surface area contributed by atoms with Crippen molar-refractivity contribution in [1.29, 1.82) is 0 Å². The van der Waals surface area contributed by atoms with Crippen LogP contribution in [0.4, 0.5) is 0 Å². The van der Waals surface area contributed by atoms with Crippen LogP contribution in [0.5, 0.6) is 0 Å². The maximum atomic E-state index is 4.05. The molecule has 0 spiro atoms. The van der Waals surface area contributed by atoms with Gasteiger partial charge >= 0.3 is 0 Å². The zero-order chi connectivity index (χ0) is 10.7. The average molecular weight is 204 g/mol. The van der Waals surface area contributed by atoms with Gasteiger partial charge in [0, 0.05) is 18.4 Å². The summed E-state index contributed by atoms with van der Waals surface area (Å²) < 4.78 is 0. The zero-order valence-electron chi connectivity index (χ0n) is 9.61. The number of likely N-dealkylation sites (N-methyl/N-ethyl adjacent to an activating group) is 1. The number of nitrogens with one attached hydrogen (secondary N) is 1. The third-order valence-corrected chi connectivity index (χ3v) is 3.58. The molecule has 1 aromatic rings. The van der Waals surface area contributed by atoms with Gasteiger partial charge in [0.15, 0.2) is 0 Å². The quantitative estimate of drug-likeness (QED) is 0.795. The minimum atomic E-state index is 0.611. The Morgan fingerprint density at radius 3 is 2.60 bits per heavy atom. The molecular weight excluding hydrogens is 184 g/mol. The molecule has 1 aliphatic rings. The summed E-state index contributed by atoms with van der Waals surface area (Å²) in [5.74, 6) is 1.76. The molecule has 0 amide bonds. The minimum absolute atomic E-state index is 0.611. The van der Waals surface area contributed by atoms with Gasteiger partial charge in [0.25, 0.3) is 0 Å². The van der Waals surface area contributed by atoms with Gasteiger partial charge in [0.2, 0.25) is 0 Å². The monoisotopic (exact) mass is 204 g/mol. The Morgan fingerprint density at radius 2 is 2.07 bits per heavy atom. The molecule has 0 aromatic carbocycles. The molecule has 1 aliphatic carbocycles. The average Bonchev–Trinajstić information content (AvgIpc) is 3.10. The zero-order valence-corrected chi connectivity index (χ0v) is 9.61. The summed E-state index contributed by atoms with van der Waals surface area (Å²) in [6.45, 7) is 2.38. The van der Waals surface area contributed by atoms with Crippen LogP contribution in [0, 0.1) is 11.8 Å². The molecule has 2 unspecified atom stereocenters. The van der Waals surface area contributed by atoms with Crippen LogP contribution in [0.15, 0.2) is 24.5 Å². The van der Waals surface area contributed by atoms with Crippen LogP contribution in [-0.2, 0) is 6.42 Å². The molecule has 1 N–H and O–H groups in total. The van der Waals surface area contributed by atoms with Gasteiger partial charge in [0.05, 0.1) is 0 Å². The highest BCUT2D eigenvalue weighted by atomic mass is 14.9. The van der Waals surface area contributed by atoms with Gasteiger partial charge in [-0.25, -0.2) is 0 Å². The number of hydrogen-bond acceptors (Lipinski definition) is 2. The van der Waals surface area contributed by atoms with E-state index in [1.54, 1.807) is 0 Å². The summed E-state index contributed by atoms with van der Waals surface area (Å²) in [6, 6.07) is 4.84. The first-order chi connectivity index (χ1) is 7.31. The highest BCUT2D eigenvalue weighted by Gasteiger charge is 2.32. The molecule has 1 aromatic heterocycles. The molecule has 2 atom stereocenters. The van der Waals surface area contributed by atoms with E-state index in [2.05, 4.69) is 36.4 Å². The van der Waals surface area contributed by atoms with E-state index in [4.69, 9.17) is 0 Å². The maximum absolute atomic E-state index is 4.05. The molecule has 1 saturated carbocycles. The van der Waals surface area contributed by atoms with Gasteiger partial charge in [-0.3, -0.25) is 4.98 Å². The molecule has 15 heavy (non-hydrogen) atoms. The fraction of sp³-hybridized carbons (Fsp3) is 0.615. The van der Waals surface area contributed by atoms with E-state index in [0.717, 1.165) is 18.3 Å². The molecule has 2 nitrogen and oxygen atoms in total. The van der Waals surface area contributed by atoms with Crippen molar-refractivity contribution < 1.29 is 0 Å². The topological polar surface area (TPSA) is 24.9 Å². The normalized spacial score (nSPS) is 19.9. The molecule has 82 valence electrons. The summed E-state index contributed by atoms with van der Waals surface area (Å²) in [5.41, 5.74) is 1.39. The van der Waals surface area contributed by atoms with Crippen LogP contribution in [0.25, 0.3) is 0 Å². The second kappa shape index (κ2) is 4.75. The Kier molecular flexibility index (Phi) is 3.37. The van der Waals surface area contributed by atoms with Crippen molar-refractivity contribution in [1.82, 2.24) is 10.3 Å². The molecule has 2 heteroatoms. The predicted molar refractivity (Wildman–Crippen MR) is 62.7 cm³/mol. The van der Waals surface area contributed by atoms with E-state index in [-0.39, 0.29) is 0 Å². The Hall–Kier alpha value is -0.890. The molecule has 0 saturated heterocycles. The lowest BCUT2D eigenvalue weighted by molar-refractivity contribution is 0.357. The van der Waals surface area contributed by atoms with Crippen LogP contribution >= 0.6 is 0 Å². The SMILES string of the molecule is CNC(Cc1ccncc1)C(C)C1CC1. The van der Waals surface area contributed by atoms with Gasteiger partial charge < -0.3 is 5.32 Å². The first-order valence-electron chi connectivity index (χ1n) is 5.87. The lowest BCUT2D eigenvalue weighted by Crippen LogP contribution is -2.35. The molecule has 0 bridgehead atoms. The standard InChI is InChI=1S/C13H20N2/c1-10(12-3-4-12)13(14-2)9-11-5-7-15-8-6-11/h5-8,10,12-14H,3-4,9H2,1-2H3. The Balaban J connectivity index is 1.95. The van der Waals surface area contributed by atoms with E-state index >= 15 is 0 Å². The van der Waals surface area contributed by atoms with E-state index in [9.17, 15) is 0 Å². The Labute approximate surface area is 92.1 Å². The number of rotatable bonds is 5. The molecule has 1 heterocycles. The molecule has 0 radical (unpaired) electrons. The van der Waals surface area contributed by atoms with Gasteiger partial charge in [-0.2, -0.15) is 0 Å². The summed E-state index contributed by atoms with van der Waals surface area (Å²) in [6.07, 6.45) is 7.73. The summed E-state index contributed by atoms with van der Waals surface area (Å²) in [5, 5.41) is 3.45. The molecule has 0 aliphatic heterocycles.